The molecule has 2 N–H and O–H groups in total. The largest absolute Gasteiger partial charge is 0.370 e. The summed E-state index contributed by atoms with van der Waals surface area (Å²) in [5.41, 5.74) is 1.38. The Hall–Kier alpha value is -1.61. The van der Waals surface area contributed by atoms with Gasteiger partial charge in [-0.25, -0.2) is 4.79 Å². The first-order valence-corrected chi connectivity index (χ1v) is 3.41. The lowest BCUT2D eigenvalue weighted by molar-refractivity contribution is 0.0503. The van der Waals surface area contributed by atoms with Crippen LogP contribution in [0.2, 0.25) is 0 Å². The van der Waals surface area contributed by atoms with Crippen molar-refractivity contribution in [3.8, 4) is 0 Å². The maximum Gasteiger partial charge on any atom is 0.356 e. The van der Waals surface area contributed by atoms with Crippen molar-refractivity contribution in [2.45, 2.75) is 0 Å². The van der Waals surface area contributed by atoms with Gasteiger partial charge in [-0.05, 0) is 17.7 Å². The molecule has 0 unspecified atom stereocenters. The third-order valence-electron chi connectivity index (χ3n) is 1.49. The predicted octanol–water partition coefficient (Wildman–Crippen LogP) is 1.36. The first kappa shape index (κ1) is 8.49. The number of carbonyl (C=O) groups excluding carboxylic acids is 1. The van der Waals surface area contributed by atoms with Gasteiger partial charge in [0.1, 0.15) is 0 Å². The van der Waals surface area contributed by atoms with Crippen LogP contribution in [-0.2, 0) is 4.84 Å². The molecule has 3 heteroatoms. The first-order chi connectivity index (χ1) is 5.77. The maximum absolute atomic E-state index is 10.8. The van der Waals surface area contributed by atoms with Crippen LogP contribution < -0.4 is 5.90 Å². The molecule has 0 radical (unpaired) electrons. The van der Waals surface area contributed by atoms with Crippen molar-refractivity contribution in [2.75, 3.05) is 0 Å². The molecule has 1 rings (SSSR count). The van der Waals surface area contributed by atoms with Crippen molar-refractivity contribution in [2.24, 2.45) is 5.90 Å². The predicted molar refractivity (Wildman–Crippen MR) is 46.1 cm³/mol. The average Bonchev–Trinajstić information content (AvgIpc) is 2.17. The highest BCUT2D eigenvalue weighted by Gasteiger charge is 2.03. The van der Waals surface area contributed by atoms with E-state index in [0.29, 0.717) is 5.56 Å². The van der Waals surface area contributed by atoms with E-state index in [4.69, 9.17) is 5.90 Å². The molecule has 0 saturated carbocycles. The van der Waals surface area contributed by atoms with Crippen LogP contribution in [0.3, 0.4) is 0 Å². The fourth-order valence-corrected chi connectivity index (χ4v) is 0.823. The van der Waals surface area contributed by atoms with E-state index in [2.05, 4.69) is 11.4 Å². The smallest absolute Gasteiger partial charge is 0.356 e. The number of carbonyl (C=O) groups is 1. The number of nitrogens with two attached hydrogens (primary N) is 1. The monoisotopic (exact) mass is 163 g/mol. The van der Waals surface area contributed by atoms with Gasteiger partial charge in [0.25, 0.3) is 0 Å². The van der Waals surface area contributed by atoms with E-state index in [0.717, 1.165) is 5.56 Å². The molecule has 0 spiro atoms. The summed E-state index contributed by atoms with van der Waals surface area (Å²) in [4.78, 5) is 14.9. The second-order valence-corrected chi connectivity index (χ2v) is 2.23. The highest BCUT2D eigenvalue weighted by molar-refractivity contribution is 5.89. The lowest BCUT2D eigenvalue weighted by Gasteiger charge is -1.97. The van der Waals surface area contributed by atoms with E-state index in [1.54, 1.807) is 30.3 Å². The normalized spacial score (nSPS) is 9.08. The van der Waals surface area contributed by atoms with Gasteiger partial charge in [0.05, 0.1) is 5.56 Å². The molecule has 0 amide bonds. The minimum absolute atomic E-state index is 0.433. The van der Waals surface area contributed by atoms with E-state index >= 15 is 0 Å². The molecule has 62 valence electrons. The molecule has 1 aromatic carbocycles. The van der Waals surface area contributed by atoms with Crippen LogP contribution in [0.1, 0.15) is 15.9 Å². The third-order valence-corrected chi connectivity index (χ3v) is 1.49. The maximum atomic E-state index is 10.8. The number of hydrogen-bond acceptors (Lipinski definition) is 3. The van der Waals surface area contributed by atoms with Gasteiger partial charge in [-0.2, -0.15) is 5.90 Å². The average molecular weight is 163 g/mol. The Morgan fingerprint density at radius 3 is 2.42 bits per heavy atom. The van der Waals surface area contributed by atoms with Crippen molar-refractivity contribution in [3.05, 3.63) is 42.0 Å². The van der Waals surface area contributed by atoms with Gasteiger partial charge in [0, 0.05) is 0 Å². The SMILES string of the molecule is C=Cc1ccc(C(=O)ON)cc1. The Balaban J connectivity index is 2.91. The van der Waals surface area contributed by atoms with Crippen molar-refractivity contribution in [3.63, 3.8) is 0 Å². The summed E-state index contributed by atoms with van der Waals surface area (Å²) >= 11 is 0. The zero-order valence-corrected chi connectivity index (χ0v) is 6.49. The minimum atomic E-state index is -0.536. The van der Waals surface area contributed by atoms with Crippen molar-refractivity contribution >= 4 is 12.0 Å². The van der Waals surface area contributed by atoms with Crippen molar-refractivity contribution < 1.29 is 9.63 Å². The molecule has 0 heterocycles. The lowest BCUT2D eigenvalue weighted by atomic mass is 10.1. The second-order valence-electron chi connectivity index (χ2n) is 2.23. The summed E-state index contributed by atoms with van der Waals surface area (Å²) < 4.78 is 0. The molecule has 12 heavy (non-hydrogen) atoms. The Labute approximate surface area is 70.4 Å². The Morgan fingerprint density at radius 1 is 1.42 bits per heavy atom. The van der Waals surface area contributed by atoms with Crippen molar-refractivity contribution in [1.82, 2.24) is 0 Å². The number of hydrogen-bond donors (Lipinski definition) is 1. The number of benzene rings is 1. The van der Waals surface area contributed by atoms with Gasteiger partial charge in [-0.1, -0.05) is 24.8 Å². The molecule has 0 aromatic heterocycles. The fraction of sp³-hybridized carbons (Fsp3) is 0. The van der Waals surface area contributed by atoms with Crippen LogP contribution in [0.25, 0.3) is 6.08 Å². The quantitative estimate of drug-likeness (QED) is 0.670. The molecule has 0 aliphatic carbocycles. The third kappa shape index (κ3) is 1.71. The molecule has 1 aromatic rings. The molecule has 0 atom stereocenters. The molecular weight excluding hydrogens is 154 g/mol. The Bertz CT molecular complexity index is 290. The minimum Gasteiger partial charge on any atom is -0.370 e. The van der Waals surface area contributed by atoms with E-state index < -0.39 is 5.97 Å². The molecule has 0 aliphatic heterocycles. The van der Waals surface area contributed by atoms with Crippen LogP contribution >= 0.6 is 0 Å². The Morgan fingerprint density at radius 2 is 2.00 bits per heavy atom. The molecule has 0 fully saturated rings. The van der Waals surface area contributed by atoms with Gasteiger partial charge in [0.15, 0.2) is 0 Å². The summed E-state index contributed by atoms with van der Waals surface area (Å²) in [5, 5.41) is 0. The van der Waals surface area contributed by atoms with E-state index in [9.17, 15) is 4.79 Å². The number of rotatable bonds is 2. The van der Waals surface area contributed by atoms with Crippen LogP contribution in [0, 0.1) is 0 Å². The standard InChI is InChI=1S/C9H9NO2/c1-2-7-3-5-8(6-4-7)9(11)12-10/h2-6H,1,10H2. The lowest BCUT2D eigenvalue weighted by Crippen LogP contribution is -2.09. The van der Waals surface area contributed by atoms with E-state index in [1.165, 1.54) is 0 Å². The van der Waals surface area contributed by atoms with Crippen LogP contribution in [-0.4, -0.2) is 5.97 Å². The van der Waals surface area contributed by atoms with Gasteiger partial charge >= 0.3 is 5.97 Å². The highest BCUT2D eigenvalue weighted by atomic mass is 16.7. The summed E-state index contributed by atoms with van der Waals surface area (Å²) in [6.07, 6.45) is 1.69. The Kier molecular flexibility index (Phi) is 2.61. The van der Waals surface area contributed by atoms with Gasteiger partial charge in [0.2, 0.25) is 0 Å². The van der Waals surface area contributed by atoms with Crippen LogP contribution in [0.5, 0.6) is 0 Å². The van der Waals surface area contributed by atoms with Crippen molar-refractivity contribution in [1.29, 1.82) is 0 Å². The molecular formula is C9H9NO2. The fourth-order valence-electron chi connectivity index (χ4n) is 0.823. The summed E-state index contributed by atoms with van der Waals surface area (Å²) in [5.74, 6) is 4.17. The summed E-state index contributed by atoms with van der Waals surface area (Å²) in [7, 11) is 0. The first-order valence-electron chi connectivity index (χ1n) is 3.41. The molecule has 0 aliphatic rings. The second kappa shape index (κ2) is 3.69. The van der Waals surface area contributed by atoms with E-state index in [-0.39, 0.29) is 0 Å². The molecule has 3 nitrogen and oxygen atoms in total. The summed E-state index contributed by atoms with van der Waals surface area (Å²) in [6, 6.07) is 6.79. The molecule has 0 saturated heterocycles. The van der Waals surface area contributed by atoms with E-state index in [1.807, 2.05) is 0 Å². The van der Waals surface area contributed by atoms with Gasteiger partial charge < -0.3 is 4.84 Å². The van der Waals surface area contributed by atoms with Gasteiger partial charge in [-0.15, -0.1) is 0 Å². The zero-order valence-electron chi connectivity index (χ0n) is 6.49. The topological polar surface area (TPSA) is 52.3 Å². The highest BCUT2D eigenvalue weighted by Crippen LogP contribution is 2.05. The van der Waals surface area contributed by atoms with Gasteiger partial charge in [-0.3, -0.25) is 0 Å². The van der Waals surface area contributed by atoms with Crippen LogP contribution in [0.15, 0.2) is 30.8 Å². The van der Waals surface area contributed by atoms with Crippen LogP contribution in [0.4, 0.5) is 0 Å². The summed E-state index contributed by atoms with van der Waals surface area (Å²) in [6.45, 7) is 3.58. The zero-order chi connectivity index (χ0) is 8.97. The molecule has 0 bridgehead atoms.